The second kappa shape index (κ2) is 13.7. The van der Waals surface area contributed by atoms with Crippen LogP contribution in [0.1, 0.15) is 30.5 Å². The van der Waals surface area contributed by atoms with Crippen molar-refractivity contribution >= 4 is 44.8 Å². The quantitative estimate of drug-likeness (QED) is 0.328. The summed E-state index contributed by atoms with van der Waals surface area (Å²) in [4.78, 5) is 17.4. The molecule has 0 aliphatic carbocycles. The molecule has 3 aromatic rings. The number of aliphatic hydroxyl groups is 1. The predicted octanol–water partition coefficient (Wildman–Crippen LogP) is 5.38. The average molecular weight is 635 g/mol. The number of carbonyl (C=O) groups excluding carboxylic acids is 1. The molecule has 0 spiro atoms. The minimum atomic E-state index is -3.84. The van der Waals surface area contributed by atoms with Crippen LogP contribution in [-0.2, 0) is 27.8 Å². The molecule has 8 nitrogen and oxygen atoms in total. The van der Waals surface area contributed by atoms with Gasteiger partial charge in [0.15, 0.2) is 0 Å². The predicted molar refractivity (Wildman–Crippen MR) is 167 cm³/mol. The maximum Gasteiger partial charge on any atom is 0.261 e. The average Bonchev–Trinajstić information content (AvgIpc) is 2.98. The highest BCUT2D eigenvalue weighted by molar-refractivity contribution is 7.92. The third-order valence-corrected chi connectivity index (χ3v) is 9.56. The molecular formula is C31H37Cl2N3O5S. The summed E-state index contributed by atoms with van der Waals surface area (Å²) < 4.78 is 35.3. The zero-order chi connectivity index (χ0) is 30.6. The standard InChI is InChI=1S/C31H37Cl2N3O5S/c1-20-5-9-26(10-6-20)42(39,40)34-25-8-12-29-24(14-25)15-31(38)36(22(3)19-37)16-21(2)30(41-29)18-35(4)17-23-7-11-27(32)28(33)13-23/h5-14,21-22,30,34,37H,15-19H2,1-4H3/t21-,22+,30+/m0/s1. The van der Waals surface area contributed by atoms with Gasteiger partial charge < -0.3 is 14.7 Å². The molecular weight excluding hydrogens is 597 g/mol. The lowest BCUT2D eigenvalue weighted by Crippen LogP contribution is -2.47. The van der Waals surface area contributed by atoms with Crippen molar-refractivity contribution in [3.8, 4) is 5.75 Å². The maximum atomic E-state index is 13.5. The number of halogens is 2. The van der Waals surface area contributed by atoms with Crippen LogP contribution in [0.15, 0.2) is 65.6 Å². The molecule has 0 radical (unpaired) electrons. The van der Waals surface area contributed by atoms with Gasteiger partial charge in [0.05, 0.1) is 34.0 Å². The van der Waals surface area contributed by atoms with E-state index in [0.717, 1.165) is 11.1 Å². The summed E-state index contributed by atoms with van der Waals surface area (Å²) in [6.07, 6.45) is -0.316. The van der Waals surface area contributed by atoms with Crippen LogP contribution in [0.4, 0.5) is 5.69 Å². The van der Waals surface area contributed by atoms with Gasteiger partial charge in [-0.05, 0) is 68.9 Å². The molecule has 0 saturated heterocycles. The van der Waals surface area contributed by atoms with Gasteiger partial charge in [-0.1, -0.05) is 53.9 Å². The summed E-state index contributed by atoms with van der Waals surface area (Å²) in [5, 5.41) is 10.9. The molecule has 0 bridgehead atoms. The van der Waals surface area contributed by atoms with Crippen LogP contribution in [0.25, 0.3) is 0 Å². The summed E-state index contributed by atoms with van der Waals surface area (Å²) in [5.74, 6) is 0.265. The van der Waals surface area contributed by atoms with Crippen LogP contribution >= 0.6 is 23.2 Å². The molecule has 0 fully saturated rings. The zero-order valence-electron chi connectivity index (χ0n) is 24.2. The van der Waals surface area contributed by atoms with Crippen LogP contribution in [0.5, 0.6) is 5.75 Å². The third kappa shape index (κ3) is 7.96. The van der Waals surface area contributed by atoms with Crippen molar-refractivity contribution in [2.24, 2.45) is 5.92 Å². The van der Waals surface area contributed by atoms with E-state index in [4.69, 9.17) is 27.9 Å². The topological polar surface area (TPSA) is 99.2 Å². The Kier molecular flexibility index (Phi) is 10.4. The Labute approximate surface area is 258 Å². The van der Waals surface area contributed by atoms with E-state index >= 15 is 0 Å². The second-order valence-corrected chi connectivity index (χ2v) is 13.6. The number of fused-ring (bicyclic) bond motifs is 1. The van der Waals surface area contributed by atoms with Gasteiger partial charge in [0.2, 0.25) is 5.91 Å². The molecule has 1 aliphatic heterocycles. The molecule has 1 amide bonds. The van der Waals surface area contributed by atoms with Gasteiger partial charge in [-0.25, -0.2) is 8.42 Å². The summed E-state index contributed by atoms with van der Waals surface area (Å²) >= 11 is 12.3. The number of hydrogen-bond donors (Lipinski definition) is 2. The number of sulfonamides is 1. The molecule has 42 heavy (non-hydrogen) atoms. The molecule has 11 heteroatoms. The first-order valence-corrected chi connectivity index (χ1v) is 16.0. The van der Waals surface area contributed by atoms with Crippen LogP contribution in [-0.4, -0.2) is 68.1 Å². The highest BCUT2D eigenvalue weighted by Gasteiger charge is 2.31. The van der Waals surface area contributed by atoms with Crippen LogP contribution in [0.2, 0.25) is 10.0 Å². The first kappa shape index (κ1) is 32.1. The summed E-state index contributed by atoms with van der Waals surface area (Å²) in [6, 6.07) is 16.7. The number of likely N-dealkylation sites (N-methyl/N-ethyl adjacent to an activating group) is 1. The Morgan fingerprint density at radius 1 is 1.10 bits per heavy atom. The third-order valence-electron chi connectivity index (χ3n) is 7.43. The number of nitrogens with one attached hydrogen (secondary N) is 1. The van der Waals surface area contributed by atoms with E-state index in [9.17, 15) is 18.3 Å². The minimum absolute atomic E-state index is 0.00166. The smallest absolute Gasteiger partial charge is 0.261 e. The van der Waals surface area contributed by atoms with E-state index in [1.54, 1.807) is 53.4 Å². The monoisotopic (exact) mass is 633 g/mol. The number of aryl methyl sites for hydroxylation is 1. The van der Waals surface area contributed by atoms with Crippen molar-refractivity contribution in [2.75, 3.05) is 31.5 Å². The van der Waals surface area contributed by atoms with Gasteiger partial charge in [0.1, 0.15) is 11.9 Å². The highest BCUT2D eigenvalue weighted by atomic mass is 35.5. The van der Waals surface area contributed by atoms with Crippen molar-refractivity contribution in [2.45, 2.75) is 50.8 Å². The first-order chi connectivity index (χ1) is 19.9. The van der Waals surface area contributed by atoms with E-state index in [-0.39, 0.29) is 41.9 Å². The molecule has 1 heterocycles. The van der Waals surface area contributed by atoms with Crippen LogP contribution in [0, 0.1) is 12.8 Å². The molecule has 3 atom stereocenters. The van der Waals surface area contributed by atoms with Crippen molar-refractivity contribution in [3.63, 3.8) is 0 Å². The highest BCUT2D eigenvalue weighted by Crippen LogP contribution is 2.30. The van der Waals surface area contributed by atoms with E-state index < -0.39 is 10.0 Å². The molecule has 4 rings (SSSR count). The van der Waals surface area contributed by atoms with Gasteiger partial charge in [0, 0.05) is 36.8 Å². The fourth-order valence-corrected chi connectivity index (χ4v) is 6.33. The van der Waals surface area contributed by atoms with Crippen molar-refractivity contribution < 1.29 is 23.1 Å². The van der Waals surface area contributed by atoms with Gasteiger partial charge >= 0.3 is 0 Å². The number of hydrogen-bond acceptors (Lipinski definition) is 6. The number of ether oxygens (including phenoxy) is 1. The first-order valence-electron chi connectivity index (χ1n) is 13.8. The number of anilines is 1. The number of aliphatic hydroxyl groups excluding tert-OH is 1. The molecule has 3 aromatic carbocycles. The summed E-state index contributed by atoms with van der Waals surface area (Å²) in [7, 11) is -1.86. The Morgan fingerprint density at radius 2 is 1.81 bits per heavy atom. The molecule has 0 aromatic heterocycles. The SMILES string of the molecule is Cc1ccc(S(=O)(=O)Nc2ccc3c(c2)CC(=O)N([C@H](C)CO)C[C@H](C)[C@@H](CN(C)Cc2ccc(Cl)c(Cl)c2)O3)cc1. The van der Waals surface area contributed by atoms with E-state index in [2.05, 4.69) is 9.62 Å². The summed E-state index contributed by atoms with van der Waals surface area (Å²) in [6.45, 7) is 7.08. The van der Waals surface area contributed by atoms with Crippen molar-refractivity contribution in [3.05, 3.63) is 87.4 Å². The molecule has 0 unspecified atom stereocenters. The lowest BCUT2D eigenvalue weighted by atomic mass is 10.0. The largest absolute Gasteiger partial charge is 0.488 e. The number of benzene rings is 3. The second-order valence-electron chi connectivity index (χ2n) is 11.1. The Morgan fingerprint density at radius 3 is 2.48 bits per heavy atom. The molecule has 2 N–H and O–H groups in total. The molecule has 0 saturated carbocycles. The fraction of sp³-hybridized carbons (Fsp3) is 0.387. The Bertz CT molecular complexity index is 1520. The number of carbonyl (C=O) groups is 1. The number of amides is 1. The fourth-order valence-electron chi connectivity index (χ4n) is 4.96. The lowest BCUT2D eigenvalue weighted by Gasteiger charge is -2.34. The normalized spacial score (nSPS) is 18.5. The van der Waals surface area contributed by atoms with Crippen molar-refractivity contribution in [1.82, 2.24) is 9.80 Å². The minimum Gasteiger partial charge on any atom is -0.488 e. The van der Waals surface area contributed by atoms with Gasteiger partial charge in [0.25, 0.3) is 10.0 Å². The Hall–Kier alpha value is -2.82. The zero-order valence-corrected chi connectivity index (χ0v) is 26.5. The van der Waals surface area contributed by atoms with Gasteiger partial charge in [-0.2, -0.15) is 0 Å². The van der Waals surface area contributed by atoms with E-state index in [1.165, 1.54) is 0 Å². The lowest BCUT2D eigenvalue weighted by molar-refractivity contribution is -0.134. The van der Waals surface area contributed by atoms with E-state index in [1.807, 2.05) is 40.0 Å². The van der Waals surface area contributed by atoms with Gasteiger partial charge in [-0.3, -0.25) is 14.4 Å². The Balaban J connectivity index is 1.62. The maximum absolute atomic E-state index is 13.5. The summed E-state index contributed by atoms with van der Waals surface area (Å²) in [5.41, 5.74) is 2.84. The van der Waals surface area contributed by atoms with Crippen molar-refractivity contribution in [1.29, 1.82) is 0 Å². The van der Waals surface area contributed by atoms with Crippen LogP contribution < -0.4 is 9.46 Å². The van der Waals surface area contributed by atoms with Gasteiger partial charge in [-0.15, -0.1) is 0 Å². The van der Waals surface area contributed by atoms with E-state index in [0.29, 0.717) is 46.7 Å². The number of nitrogens with zero attached hydrogens (tertiary/aromatic N) is 2. The molecule has 226 valence electrons. The number of rotatable bonds is 9. The molecule has 1 aliphatic rings. The van der Waals surface area contributed by atoms with Crippen LogP contribution in [0.3, 0.4) is 0 Å².